The van der Waals surface area contributed by atoms with Crippen LogP contribution in [-0.2, 0) is 7.05 Å². The van der Waals surface area contributed by atoms with E-state index in [4.69, 9.17) is 5.73 Å². The minimum Gasteiger partial charge on any atom is -0.366 e. The van der Waals surface area contributed by atoms with Crippen LogP contribution in [0.5, 0.6) is 0 Å². The summed E-state index contributed by atoms with van der Waals surface area (Å²) in [5.74, 6) is -1.46. The lowest BCUT2D eigenvalue weighted by Gasteiger charge is -2.04. The number of amides is 1. The molecule has 1 amide bonds. The van der Waals surface area contributed by atoms with E-state index in [1.165, 1.54) is 12.1 Å². The van der Waals surface area contributed by atoms with Crippen LogP contribution in [0.3, 0.4) is 0 Å². The predicted octanol–water partition coefficient (Wildman–Crippen LogP) is 1.36. The van der Waals surface area contributed by atoms with E-state index in [0.717, 1.165) is 10.9 Å². The van der Waals surface area contributed by atoms with E-state index in [1.54, 1.807) is 24.1 Å². The van der Waals surface area contributed by atoms with Crippen LogP contribution in [0.4, 0.5) is 4.39 Å². The molecule has 90 valence electrons. The SMILES string of the molecule is Cn1ncc2cnc3cc(F)c(C(N)=O)cc3c21. The zero-order valence-corrected chi connectivity index (χ0v) is 9.51. The van der Waals surface area contributed by atoms with Crippen molar-refractivity contribution in [3.05, 3.63) is 35.9 Å². The van der Waals surface area contributed by atoms with Gasteiger partial charge in [-0.15, -0.1) is 0 Å². The minimum absolute atomic E-state index is 0.141. The topological polar surface area (TPSA) is 73.8 Å². The molecule has 2 aromatic heterocycles. The number of fused-ring (bicyclic) bond motifs is 3. The number of hydrogen-bond acceptors (Lipinski definition) is 3. The average Bonchev–Trinajstić information content (AvgIpc) is 2.70. The second-order valence-electron chi connectivity index (χ2n) is 4.04. The van der Waals surface area contributed by atoms with Gasteiger partial charge in [-0.3, -0.25) is 14.5 Å². The molecule has 0 fully saturated rings. The number of nitrogens with two attached hydrogens (primary N) is 1. The summed E-state index contributed by atoms with van der Waals surface area (Å²) in [6.45, 7) is 0. The van der Waals surface area contributed by atoms with Gasteiger partial charge in [0.15, 0.2) is 0 Å². The molecule has 5 nitrogen and oxygen atoms in total. The molecular formula is C12H9FN4O. The highest BCUT2D eigenvalue weighted by atomic mass is 19.1. The van der Waals surface area contributed by atoms with Gasteiger partial charge in [0.25, 0.3) is 5.91 Å². The van der Waals surface area contributed by atoms with Gasteiger partial charge in [0, 0.05) is 30.1 Å². The third kappa shape index (κ3) is 1.35. The molecule has 0 aliphatic carbocycles. The normalized spacial score (nSPS) is 11.2. The third-order valence-corrected chi connectivity index (χ3v) is 2.92. The molecule has 2 N–H and O–H groups in total. The minimum atomic E-state index is -0.798. The van der Waals surface area contributed by atoms with Gasteiger partial charge in [-0.25, -0.2) is 4.39 Å². The van der Waals surface area contributed by atoms with E-state index in [2.05, 4.69) is 10.1 Å². The van der Waals surface area contributed by atoms with Gasteiger partial charge >= 0.3 is 0 Å². The fourth-order valence-corrected chi connectivity index (χ4v) is 2.07. The van der Waals surface area contributed by atoms with Gasteiger partial charge in [0.05, 0.1) is 22.8 Å². The number of carbonyl (C=O) groups is 1. The molecule has 0 aliphatic heterocycles. The van der Waals surface area contributed by atoms with E-state index < -0.39 is 11.7 Å². The van der Waals surface area contributed by atoms with E-state index in [0.29, 0.717) is 10.9 Å². The smallest absolute Gasteiger partial charge is 0.251 e. The molecule has 0 saturated carbocycles. The van der Waals surface area contributed by atoms with Crippen molar-refractivity contribution in [2.75, 3.05) is 0 Å². The van der Waals surface area contributed by atoms with Crippen molar-refractivity contribution in [2.45, 2.75) is 0 Å². The molecule has 0 aliphatic rings. The second-order valence-corrected chi connectivity index (χ2v) is 4.04. The highest BCUT2D eigenvalue weighted by Crippen LogP contribution is 2.25. The van der Waals surface area contributed by atoms with Gasteiger partial charge in [0.1, 0.15) is 5.82 Å². The number of carbonyl (C=O) groups excluding carboxylic acids is 1. The average molecular weight is 244 g/mol. The highest BCUT2D eigenvalue weighted by Gasteiger charge is 2.13. The highest BCUT2D eigenvalue weighted by molar-refractivity contribution is 6.06. The molecule has 0 radical (unpaired) electrons. The Balaban J connectivity index is 2.52. The lowest BCUT2D eigenvalue weighted by Crippen LogP contribution is -2.13. The number of nitrogens with zero attached hydrogens (tertiary/aromatic N) is 3. The van der Waals surface area contributed by atoms with E-state index >= 15 is 0 Å². The molecular weight excluding hydrogens is 235 g/mol. The number of aromatic nitrogens is 3. The summed E-state index contributed by atoms with van der Waals surface area (Å²) in [6.07, 6.45) is 3.28. The van der Waals surface area contributed by atoms with Crippen molar-refractivity contribution in [2.24, 2.45) is 12.8 Å². The van der Waals surface area contributed by atoms with Crippen LogP contribution in [0.1, 0.15) is 10.4 Å². The Morgan fingerprint density at radius 2 is 2.17 bits per heavy atom. The molecule has 3 aromatic rings. The van der Waals surface area contributed by atoms with Crippen molar-refractivity contribution >= 4 is 27.7 Å². The number of rotatable bonds is 1. The number of aryl methyl sites for hydroxylation is 1. The Kier molecular flexibility index (Phi) is 2.07. The Morgan fingerprint density at radius 1 is 1.39 bits per heavy atom. The van der Waals surface area contributed by atoms with Crippen LogP contribution in [-0.4, -0.2) is 20.7 Å². The molecule has 18 heavy (non-hydrogen) atoms. The summed E-state index contributed by atoms with van der Waals surface area (Å²) in [5.41, 5.74) is 6.26. The summed E-state index contributed by atoms with van der Waals surface area (Å²) < 4.78 is 15.3. The zero-order chi connectivity index (χ0) is 12.9. The van der Waals surface area contributed by atoms with Crippen LogP contribution in [0.2, 0.25) is 0 Å². The summed E-state index contributed by atoms with van der Waals surface area (Å²) >= 11 is 0. The maximum absolute atomic E-state index is 13.6. The van der Waals surface area contributed by atoms with Crippen LogP contribution in [0.25, 0.3) is 21.8 Å². The molecule has 0 bridgehead atoms. The number of benzene rings is 1. The predicted molar refractivity (Wildman–Crippen MR) is 64.5 cm³/mol. The Bertz CT molecular complexity index is 793. The second kappa shape index (κ2) is 3.49. The van der Waals surface area contributed by atoms with E-state index in [1.807, 2.05) is 0 Å². The first kappa shape index (κ1) is 10.6. The maximum Gasteiger partial charge on any atom is 0.251 e. The zero-order valence-electron chi connectivity index (χ0n) is 9.51. The van der Waals surface area contributed by atoms with Gasteiger partial charge in [-0.05, 0) is 6.07 Å². The Morgan fingerprint density at radius 3 is 2.89 bits per heavy atom. The fourth-order valence-electron chi connectivity index (χ4n) is 2.07. The number of primary amides is 1. The van der Waals surface area contributed by atoms with Gasteiger partial charge < -0.3 is 5.73 Å². The molecule has 0 saturated heterocycles. The largest absolute Gasteiger partial charge is 0.366 e. The molecule has 0 unspecified atom stereocenters. The molecule has 2 heterocycles. The molecule has 3 rings (SSSR count). The summed E-state index contributed by atoms with van der Waals surface area (Å²) in [5, 5.41) is 5.59. The number of pyridine rings is 1. The monoisotopic (exact) mass is 244 g/mol. The van der Waals surface area contributed by atoms with Crippen molar-refractivity contribution in [3.8, 4) is 0 Å². The third-order valence-electron chi connectivity index (χ3n) is 2.92. The molecule has 0 spiro atoms. The molecule has 6 heteroatoms. The quantitative estimate of drug-likeness (QED) is 0.702. The van der Waals surface area contributed by atoms with Crippen molar-refractivity contribution < 1.29 is 9.18 Å². The van der Waals surface area contributed by atoms with Crippen LogP contribution >= 0.6 is 0 Å². The first-order chi connectivity index (χ1) is 8.58. The van der Waals surface area contributed by atoms with E-state index in [9.17, 15) is 9.18 Å². The maximum atomic E-state index is 13.6. The van der Waals surface area contributed by atoms with Crippen LogP contribution < -0.4 is 5.73 Å². The summed E-state index contributed by atoms with van der Waals surface area (Å²) in [7, 11) is 1.77. The van der Waals surface area contributed by atoms with Crippen LogP contribution in [0.15, 0.2) is 24.5 Å². The Labute approximate surface area is 101 Å². The Hall–Kier alpha value is -2.50. The first-order valence-corrected chi connectivity index (χ1v) is 5.27. The number of halogens is 1. The summed E-state index contributed by atoms with van der Waals surface area (Å²) in [4.78, 5) is 15.3. The van der Waals surface area contributed by atoms with Gasteiger partial charge in [-0.1, -0.05) is 0 Å². The van der Waals surface area contributed by atoms with Gasteiger partial charge in [0.2, 0.25) is 0 Å². The van der Waals surface area contributed by atoms with Crippen molar-refractivity contribution in [3.63, 3.8) is 0 Å². The molecule has 0 atom stereocenters. The van der Waals surface area contributed by atoms with E-state index in [-0.39, 0.29) is 5.56 Å². The van der Waals surface area contributed by atoms with Crippen molar-refractivity contribution in [1.29, 1.82) is 0 Å². The summed E-state index contributed by atoms with van der Waals surface area (Å²) in [6, 6.07) is 2.63. The number of hydrogen-bond donors (Lipinski definition) is 1. The lowest BCUT2D eigenvalue weighted by atomic mass is 10.1. The standard InChI is InChI=1S/C12H9FN4O/c1-17-11-6(5-16-17)4-15-10-3-9(13)7(12(14)18)2-8(10)11/h2-5H,1H3,(H2,14,18). The van der Waals surface area contributed by atoms with Gasteiger partial charge in [-0.2, -0.15) is 5.10 Å². The lowest BCUT2D eigenvalue weighted by molar-refractivity contribution is 0.0996. The van der Waals surface area contributed by atoms with Crippen LogP contribution in [0, 0.1) is 5.82 Å². The molecule has 1 aromatic carbocycles. The first-order valence-electron chi connectivity index (χ1n) is 5.27. The fraction of sp³-hybridized carbons (Fsp3) is 0.0833. The van der Waals surface area contributed by atoms with Crippen molar-refractivity contribution in [1.82, 2.24) is 14.8 Å².